The zero-order chi connectivity index (χ0) is 15.5. The fraction of sp³-hybridized carbons (Fsp3) is 0.267. The summed E-state index contributed by atoms with van der Waals surface area (Å²) in [7, 11) is 1.56. The maximum atomic E-state index is 11.3. The van der Waals surface area contributed by atoms with Gasteiger partial charge in [0.15, 0.2) is 0 Å². The van der Waals surface area contributed by atoms with Crippen LogP contribution < -0.4 is 4.74 Å². The first-order chi connectivity index (χ1) is 9.94. The number of methoxy groups -OCH3 is 1. The molecule has 0 fully saturated rings. The zero-order valence-corrected chi connectivity index (χ0v) is 12.8. The summed E-state index contributed by atoms with van der Waals surface area (Å²) in [5.41, 5.74) is 1.72. The Bertz CT molecular complexity index is 642. The molecule has 0 bridgehead atoms. The van der Waals surface area contributed by atoms with Gasteiger partial charge in [0, 0.05) is 40.7 Å². The third kappa shape index (κ3) is 3.52. The predicted octanol–water partition coefficient (Wildman–Crippen LogP) is 3.11. The van der Waals surface area contributed by atoms with Crippen LogP contribution >= 0.6 is 11.8 Å². The zero-order valence-electron chi connectivity index (χ0n) is 12.0. The summed E-state index contributed by atoms with van der Waals surface area (Å²) >= 11 is 1.29. The van der Waals surface area contributed by atoms with Gasteiger partial charge in [-0.1, -0.05) is 0 Å². The van der Waals surface area contributed by atoms with Crippen LogP contribution in [0.3, 0.4) is 0 Å². The fourth-order valence-corrected chi connectivity index (χ4v) is 2.71. The van der Waals surface area contributed by atoms with E-state index < -0.39 is 10.7 Å². The lowest BCUT2D eigenvalue weighted by Crippen LogP contribution is -2.27. The molecule has 6 heteroatoms. The van der Waals surface area contributed by atoms with Crippen molar-refractivity contribution in [2.75, 3.05) is 7.11 Å². The topological polar surface area (TPSA) is 72.3 Å². The second-order valence-corrected chi connectivity index (χ2v) is 6.54. The van der Waals surface area contributed by atoms with E-state index in [9.17, 15) is 9.90 Å². The third-order valence-corrected chi connectivity index (χ3v) is 4.18. The van der Waals surface area contributed by atoms with Crippen molar-refractivity contribution >= 4 is 17.7 Å². The Labute approximate surface area is 127 Å². The van der Waals surface area contributed by atoms with E-state index in [0.717, 1.165) is 16.0 Å². The second kappa shape index (κ2) is 6.13. The molecular weight excluding hydrogens is 288 g/mol. The summed E-state index contributed by atoms with van der Waals surface area (Å²) in [4.78, 5) is 20.4. The first-order valence-electron chi connectivity index (χ1n) is 6.31. The Balaban J connectivity index is 2.38. The van der Waals surface area contributed by atoms with Crippen LogP contribution in [0.5, 0.6) is 5.88 Å². The number of rotatable bonds is 5. The Morgan fingerprint density at radius 2 is 2.05 bits per heavy atom. The lowest BCUT2D eigenvalue weighted by Gasteiger charge is -2.20. The van der Waals surface area contributed by atoms with Crippen molar-refractivity contribution in [1.82, 2.24) is 9.97 Å². The molecule has 0 unspecified atom stereocenters. The van der Waals surface area contributed by atoms with Gasteiger partial charge in [-0.2, -0.15) is 0 Å². The quantitative estimate of drug-likeness (QED) is 0.856. The molecule has 1 N–H and O–H groups in total. The Morgan fingerprint density at radius 3 is 2.62 bits per heavy atom. The standard InChI is InChI=1S/C15H16N2O3S/c1-15(2,14(18)19)21-12-6-7-16-9-11(12)10-4-5-13(20-3)17-8-10/h4-9H,1-3H3,(H,18,19). The molecule has 2 rings (SSSR count). The molecule has 0 aliphatic rings. The first kappa shape index (κ1) is 15.3. The van der Waals surface area contributed by atoms with Gasteiger partial charge in [-0.25, -0.2) is 4.98 Å². The molecule has 2 aromatic heterocycles. The highest BCUT2D eigenvalue weighted by molar-refractivity contribution is 8.01. The molecule has 0 amide bonds. The van der Waals surface area contributed by atoms with Crippen molar-refractivity contribution in [2.45, 2.75) is 23.5 Å². The molecule has 110 valence electrons. The summed E-state index contributed by atoms with van der Waals surface area (Å²) in [6, 6.07) is 5.45. The van der Waals surface area contributed by atoms with Gasteiger partial charge >= 0.3 is 5.97 Å². The van der Waals surface area contributed by atoms with E-state index in [4.69, 9.17) is 4.74 Å². The normalized spacial score (nSPS) is 11.2. The predicted molar refractivity (Wildman–Crippen MR) is 81.6 cm³/mol. The summed E-state index contributed by atoms with van der Waals surface area (Å²) in [5, 5.41) is 9.27. The van der Waals surface area contributed by atoms with E-state index in [1.54, 1.807) is 45.6 Å². The molecule has 21 heavy (non-hydrogen) atoms. The van der Waals surface area contributed by atoms with Gasteiger partial charge in [-0.05, 0) is 26.0 Å². The number of aliphatic carboxylic acids is 1. The number of thioether (sulfide) groups is 1. The van der Waals surface area contributed by atoms with Crippen LogP contribution in [0.2, 0.25) is 0 Å². The number of ether oxygens (including phenoxy) is 1. The van der Waals surface area contributed by atoms with E-state index in [0.29, 0.717) is 5.88 Å². The lowest BCUT2D eigenvalue weighted by atomic mass is 10.1. The summed E-state index contributed by atoms with van der Waals surface area (Å²) in [5.74, 6) is -0.328. The van der Waals surface area contributed by atoms with Crippen LogP contribution in [-0.4, -0.2) is 32.9 Å². The molecule has 0 spiro atoms. The summed E-state index contributed by atoms with van der Waals surface area (Å²) in [6.45, 7) is 3.35. The van der Waals surface area contributed by atoms with Gasteiger partial charge in [0.1, 0.15) is 4.75 Å². The lowest BCUT2D eigenvalue weighted by molar-refractivity contribution is -0.138. The van der Waals surface area contributed by atoms with E-state index in [-0.39, 0.29) is 0 Å². The Morgan fingerprint density at radius 1 is 1.29 bits per heavy atom. The number of aromatic nitrogens is 2. The molecule has 0 aliphatic heterocycles. The maximum Gasteiger partial charge on any atom is 0.319 e. The Kier molecular flexibility index (Phi) is 4.47. The van der Waals surface area contributed by atoms with Crippen LogP contribution in [0.15, 0.2) is 41.7 Å². The van der Waals surface area contributed by atoms with Gasteiger partial charge in [0.05, 0.1) is 7.11 Å². The van der Waals surface area contributed by atoms with Crippen molar-refractivity contribution in [3.63, 3.8) is 0 Å². The molecule has 0 aliphatic carbocycles. The number of pyridine rings is 2. The van der Waals surface area contributed by atoms with E-state index in [1.807, 2.05) is 12.1 Å². The largest absolute Gasteiger partial charge is 0.481 e. The molecule has 0 saturated heterocycles. The number of nitrogens with zero attached hydrogens (tertiary/aromatic N) is 2. The second-order valence-electron chi connectivity index (χ2n) is 4.88. The minimum absolute atomic E-state index is 0.530. The van der Waals surface area contributed by atoms with Crippen molar-refractivity contribution < 1.29 is 14.6 Å². The van der Waals surface area contributed by atoms with Crippen molar-refractivity contribution in [3.05, 3.63) is 36.8 Å². The summed E-state index contributed by atoms with van der Waals surface area (Å²) < 4.78 is 4.12. The van der Waals surface area contributed by atoms with Gasteiger partial charge in [-0.3, -0.25) is 9.78 Å². The molecule has 2 aromatic rings. The number of carbonyl (C=O) groups is 1. The molecule has 0 saturated carbocycles. The van der Waals surface area contributed by atoms with Crippen LogP contribution in [0, 0.1) is 0 Å². The Hall–Kier alpha value is -2.08. The third-order valence-electron chi connectivity index (χ3n) is 2.92. The van der Waals surface area contributed by atoms with Crippen LogP contribution in [0.25, 0.3) is 11.1 Å². The molecule has 0 atom stereocenters. The van der Waals surface area contributed by atoms with Gasteiger partial charge in [-0.15, -0.1) is 11.8 Å². The van der Waals surface area contributed by atoms with Crippen LogP contribution in [0.1, 0.15) is 13.8 Å². The minimum atomic E-state index is -0.921. The first-order valence-corrected chi connectivity index (χ1v) is 7.12. The number of carboxylic acid groups (broad SMARTS) is 1. The highest BCUT2D eigenvalue weighted by Crippen LogP contribution is 2.38. The van der Waals surface area contributed by atoms with E-state index >= 15 is 0 Å². The van der Waals surface area contributed by atoms with Crippen LogP contribution in [-0.2, 0) is 4.79 Å². The molecule has 2 heterocycles. The molecule has 0 aromatic carbocycles. The molecule has 5 nitrogen and oxygen atoms in total. The van der Waals surface area contributed by atoms with Gasteiger partial charge < -0.3 is 9.84 Å². The maximum absolute atomic E-state index is 11.3. The van der Waals surface area contributed by atoms with Crippen molar-refractivity contribution in [2.24, 2.45) is 0 Å². The van der Waals surface area contributed by atoms with E-state index in [2.05, 4.69) is 9.97 Å². The number of hydrogen-bond donors (Lipinski definition) is 1. The highest BCUT2D eigenvalue weighted by Gasteiger charge is 2.29. The summed E-state index contributed by atoms with van der Waals surface area (Å²) in [6.07, 6.45) is 5.05. The SMILES string of the molecule is COc1ccc(-c2cnccc2SC(C)(C)C(=O)O)cn1. The average molecular weight is 304 g/mol. The number of hydrogen-bond acceptors (Lipinski definition) is 5. The van der Waals surface area contributed by atoms with Crippen molar-refractivity contribution in [3.8, 4) is 17.0 Å². The minimum Gasteiger partial charge on any atom is -0.481 e. The fourth-order valence-electron chi connectivity index (χ4n) is 1.67. The van der Waals surface area contributed by atoms with Gasteiger partial charge in [0.2, 0.25) is 5.88 Å². The molecule has 0 radical (unpaired) electrons. The average Bonchev–Trinajstić information content (AvgIpc) is 2.47. The highest BCUT2D eigenvalue weighted by atomic mass is 32.2. The van der Waals surface area contributed by atoms with Crippen LogP contribution in [0.4, 0.5) is 0 Å². The monoisotopic (exact) mass is 304 g/mol. The molecular formula is C15H16N2O3S. The van der Waals surface area contributed by atoms with E-state index in [1.165, 1.54) is 11.8 Å². The smallest absolute Gasteiger partial charge is 0.319 e. The number of carboxylic acids is 1. The van der Waals surface area contributed by atoms with Gasteiger partial charge in [0.25, 0.3) is 0 Å². The van der Waals surface area contributed by atoms with Crippen molar-refractivity contribution in [1.29, 1.82) is 0 Å².